The molecule has 0 bridgehead atoms. The lowest BCUT2D eigenvalue weighted by Crippen LogP contribution is -2.41. The molecular formula is C18H15N4O4S+. The standard InChI is InChI=1S/C18H14N4O4S/c1-25-15-9-5-4-8-13(15)22-16(17(24)26-21-22)14(23)10-27-18-19-11-6-2-3-7-12(11)20-18/h2-9H,10H2,1H3,(H-,19,20,21,23,24)/p+1. The summed E-state index contributed by atoms with van der Waals surface area (Å²) in [4.78, 5) is 32.4. The van der Waals surface area contributed by atoms with Gasteiger partial charge in [-0.1, -0.05) is 36.0 Å². The fourth-order valence-corrected chi connectivity index (χ4v) is 3.44. The molecule has 8 nitrogen and oxygen atoms in total. The van der Waals surface area contributed by atoms with Crippen molar-refractivity contribution in [2.75, 3.05) is 12.9 Å². The highest BCUT2D eigenvalue weighted by molar-refractivity contribution is 7.99. The van der Waals surface area contributed by atoms with E-state index in [9.17, 15) is 9.59 Å². The Hall–Kier alpha value is -3.33. The zero-order valence-corrected chi connectivity index (χ0v) is 15.1. The molecule has 2 aromatic heterocycles. The van der Waals surface area contributed by atoms with Crippen LogP contribution in [0.15, 0.2) is 63.0 Å². The highest BCUT2D eigenvalue weighted by Crippen LogP contribution is 2.20. The molecule has 0 saturated heterocycles. The molecule has 0 fully saturated rings. The molecule has 0 saturated carbocycles. The number of carbonyl (C=O) groups is 1. The summed E-state index contributed by atoms with van der Waals surface area (Å²) in [5.74, 6) is 0.136. The molecule has 0 amide bonds. The van der Waals surface area contributed by atoms with Gasteiger partial charge >= 0.3 is 11.3 Å². The first kappa shape index (κ1) is 17.1. The molecule has 2 aromatic carbocycles. The number of H-pyrrole nitrogens is 2. The van der Waals surface area contributed by atoms with E-state index in [4.69, 9.17) is 9.26 Å². The minimum atomic E-state index is -0.740. The smallest absolute Gasteiger partial charge is 0.438 e. The summed E-state index contributed by atoms with van der Waals surface area (Å²) < 4.78 is 11.4. The Bertz CT molecular complexity index is 1140. The molecule has 0 aliphatic heterocycles. The van der Waals surface area contributed by atoms with Crippen molar-refractivity contribution < 1.29 is 18.7 Å². The molecule has 0 unspecified atom stereocenters. The third kappa shape index (κ3) is 3.24. The van der Waals surface area contributed by atoms with Crippen molar-refractivity contribution in [3.63, 3.8) is 0 Å². The largest absolute Gasteiger partial charge is 0.490 e. The van der Waals surface area contributed by atoms with E-state index in [0.29, 0.717) is 16.6 Å². The van der Waals surface area contributed by atoms with Crippen LogP contribution in [0.3, 0.4) is 0 Å². The number of aromatic nitrogens is 4. The van der Waals surface area contributed by atoms with Crippen LogP contribution in [-0.2, 0) is 0 Å². The number of rotatable bonds is 6. The number of ketones is 1. The first-order chi connectivity index (χ1) is 13.2. The molecule has 2 heterocycles. The molecule has 27 heavy (non-hydrogen) atoms. The number of fused-ring (bicyclic) bond motifs is 1. The summed E-state index contributed by atoms with van der Waals surface area (Å²) >= 11 is 1.22. The van der Waals surface area contributed by atoms with E-state index < -0.39 is 5.63 Å². The lowest BCUT2D eigenvalue weighted by Gasteiger charge is -2.00. The van der Waals surface area contributed by atoms with Crippen LogP contribution in [0.1, 0.15) is 10.5 Å². The first-order valence-electron chi connectivity index (χ1n) is 8.05. The van der Waals surface area contributed by atoms with Gasteiger partial charge in [0.05, 0.1) is 23.9 Å². The zero-order chi connectivity index (χ0) is 18.8. The second kappa shape index (κ2) is 7.12. The van der Waals surface area contributed by atoms with Crippen LogP contribution in [0.5, 0.6) is 5.75 Å². The van der Waals surface area contributed by atoms with Gasteiger partial charge < -0.3 is 9.72 Å². The molecule has 0 atom stereocenters. The Kier molecular flexibility index (Phi) is 4.51. The molecule has 0 aliphatic carbocycles. The second-order valence-corrected chi connectivity index (χ2v) is 6.57. The number of nitrogens with zero attached hydrogens (tertiary/aromatic N) is 2. The Morgan fingerprint density at radius 3 is 2.81 bits per heavy atom. The second-order valence-electron chi connectivity index (χ2n) is 5.61. The topological polar surface area (TPSA) is 105 Å². The van der Waals surface area contributed by atoms with Crippen LogP contribution in [0.2, 0.25) is 0 Å². The van der Waals surface area contributed by atoms with Gasteiger partial charge in [-0.2, -0.15) is 0 Å². The number of para-hydroxylation sites is 4. The lowest BCUT2D eigenvalue weighted by atomic mass is 10.2. The van der Waals surface area contributed by atoms with Gasteiger partial charge in [-0.05, 0) is 28.2 Å². The monoisotopic (exact) mass is 383 g/mol. The van der Waals surface area contributed by atoms with Crippen LogP contribution >= 0.6 is 11.8 Å². The van der Waals surface area contributed by atoms with Crippen LogP contribution in [0.4, 0.5) is 0 Å². The van der Waals surface area contributed by atoms with E-state index in [1.165, 1.54) is 23.6 Å². The maximum Gasteiger partial charge on any atom is 0.438 e. The number of methoxy groups -OCH3 is 1. The van der Waals surface area contributed by atoms with Gasteiger partial charge in [-0.25, -0.2) is 9.78 Å². The predicted molar refractivity (Wildman–Crippen MR) is 98.6 cm³/mol. The SMILES string of the molecule is COc1ccccc1-[n+]1[nH]oc(=O)c1C(=O)CSc1nc2ccccc2[nH]1. The van der Waals surface area contributed by atoms with Crippen molar-refractivity contribution in [2.24, 2.45) is 0 Å². The molecule has 2 N–H and O–H groups in total. The number of imidazole rings is 1. The fraction of sp³-hybridized carbons (Fsp3) is 0.111. The third-order valence-corrected chi connectivity index (χ3v) is 4.82. The van der Waals surface area contributed by atoms with Gasteiger partial charge in [0, 0.05) is 6.07 Å². The number of nitrogens with one attached hydrogen (secondary N) is 2. The molecule has 0 aliphatic rings. The number of ether oxygens (including phenoxy) is 1. The average molecular weight is 383 g/mol. The summed E-state index contributed by atoms with van der Waals surface area (Å²) in [6, 6.07) is 14.6. The van der Waals surface area contributed by atoms with Gasteiger partial charge in [0.25, 0.3) is 5.69 Å². The van der Waals surface area contributed by atoms with Crippen LogP contribution in [0, 0.1) is 0 Å². The maximum absolute atomic E-state index is 12.7. The number of aromatic amines is 2. The van der Waals surface area contributed by atoms with Crippen molar-refractivity contribution >= 4 is 28.6 Å². The van der Waals surface area contributed by atoms with Gasteiger partial charge in [0.15, 0.2) is 10.9 Å². The van der Waals surface area contributed by atoms with Gasteiger partial charge in [-0.15, -0.1) is 0 Å². The fourth-order valence-electron chi connectivity index (χ4n) is 2.70. The van der Waals surface area contributed by atoms with Crippen molar-refractivity contribution in [3.8, 4) is 11.4 Å². The van der Waals surface area contributed by atoms with Crippen LogP contribution in [0.25, 0.3) is 16.7 Å². The van der Waals surface area contributed by atoms with Crippen molar-refractivity contribution in [2.45, 2.75) is 5.16 Å². The highest BCUT2D eigenvalue weighted by atomic mass is 32.2. The molecule has 4 rings (SSSR count). The number of hydrogen-bond donors (Lipinski definition) is 2. The average Bonchev–Trinajstić information content (AvgIpc) is 3.29. The molecule has 4 aromatic rings. The summed E-state index contributed by atoms with van der Waals surface area (Å²) in [5.41, 5.74) is 1.36. The predicted octanol–water partition coefficient (Wildman–Crippen LogP) is 2.10. The van der Waals surface area contributed by atoms with Gasteiger partial charge in [0.1, 0.15) is 0 Å². The molecule has 9 heteroatoms. The Labute approximate surface area is 157 Å². The van der Waals surface area contributed by atoms with E-state index in [0.717, 1.165) is 11.0 Å². The van der Waals surface area contributed by atoms with E-state index in [-0.39, 0.29) is 17.2 Å². The lowest BCUT2D eigenvalue weighted by molar-refractivity contribution is -0.672. The van der Waals surface area contributed by atoms with Gasteiger partial charge in [-0.3, -0.25) is 9.32 Å². The van der Waals surface area contributed by atoms with Crippen molar-refractivity contribution in [1.82, 2.24) is 15.2 Å². The number of carbonyl (C=O) groups excluding carboxylic acids is 1. The normalized spacial score (nSPS) is 11.0. The maximum atomic E-state index is 12.7. The van der Waals surface area contributed by atoms with Crippen LogP contribution < -0.4 is 15.0 Å². The van der Waals surface area contributed by atoms with Crippen LogP contribution in [-0.4, -0.2) is 33.9 Å². The quantitative estimate of drug-likeness (QED) is 0.300. The van der Waals surface area contributed by atoms with E-state index >= 15 is 0 Å². The summed E-state index contributed by atoms with van der Waals surface area (Å²) in [7, 11) is 1.51. The van der Waals surface area contributed by atoms with E-state index in [1.54, 1.807) is 24.3 Å². The summed E-state index contributed by atoms with van der Waals surface area (Å²) in [6.07, 6.45) is 0. The van der Waals surface area contributed by atoms with E-state index in [1.807, 2.05) is 24.3 Å². The summed E-state index contributed by atoms with van der Waals surface area (Å²) in [6.45, 7) is 0. The highest BCUT2D eigenvalue weighted by Gasteiger charge is 2.32. The van der Waals surface area contributed by atoms with Gasteiger partial charge in [0.2, 0.25) is 5.78 Å². The first-order valence-corrected chi connectivity index (χ1v) is 9.03. The molecule has 0 spiro atoms. The molecular weight excluding hydrogens is 368 g/mol. The Balaban J connectivity index is 1.60. The number of Topliss-reactive ketones (excluding diaryl/α,β-unsaturated/α-hetero) is 1. The third-order valence-electron chi connectivity index (χ3n) is 3.94. The molecule has 136 valence electrons. The molecule has 0 radical (unpaired) electrons. The number of benzene rings is 2. The Morgan fingerprint density at radius 2 is 2.00 bits per heavy atom. The Morgan fingerprint density at radius 1 is 1.22 bits per heavy atom. The summed E-state index contributed by atoms with van der Waals surface area (Å²) in [5, 5.41) is 3.07. The van der Waals surface area contributed by atoms with Crippen molar-refractivity contribution in [3.05, 3.63) is 64.6 Å². The van der Waals surface area contributed by atoms with Crippen molar-refractivity contribution in [1.29, 1.82) is 0 Å². The zero-order valence-electron chi connectivity index (χ0n) is 14.3. The number of thioether (sulfide) groups is 1. The minimum absolute atomic E-state index is 0.0254. The number of hydrogen-bond acceptors (Lipinski definition) is 6. The van der Waals surface area contributed by atoms with E-state index in [2.05, 4.69) is 15.2 Å². The minimum Gasteiger partial charge on any atom is -0.490 e.